The second-order valence-electron chi connectivity index (χ2n) is 7.08. The van der Waals surface area contributed by atoms with Crippen LogP contribution in [0.2, 0.25) is 0 Å². The van der Waals surface area contributed by atoms with Gasteiger partial charge in [0.2, 0.25) is 5.91 Å². The molecule has 3 heterocycles. The molecule has 2 unspecified atom stereocenters. The molecule has 0 radical (unpaired) electrons. The minimum atomic E-state index is -0.442. The van der Waals surface area contributed by atoms with E-state index in [1.807, 2.05) is 24.3 Å². The Morgan fingerprint density at radius 2 is 1.81 bits per heavy atom. The number of amides is 4. The molecule has 8 heteroatoms. The Kier molecular flexibility index (Phi) is 4.28. The van der Waals surface area contributed by atoms with Gasteiger partial charge in [0.25, 0.3) is 5.91 Å². The molecule has 26 heavy (non-hydrogen) atoms. The van der Waals surface area contributed by atoms with Crippen molar-refractivity contribution in [2.75, 3.05) is 43.4 Å². The highest BCUT2D eigenvalue weighted by molar-refractivity contribution is 6.06. The van der Waals surface area contributed by atoms with Gasteiger partial charge in [0.15, 0.2) is 0 Å². The number of ether oxygens (including phenoxy) is 1. The van der Waals surface area contributed by atoms with E-state index in [-0.39, 0.29) is 24.9 Å². The van der Waals surface area contributed by atoms with Gasteiger partial charge in [0.1, 0.15) is 13.1 Å². The molecule has 3 saturated heterocycles. The molecule has 3 aliphatic rings. The molecular weight excluding hydrogens is 336 g/mol. The average molecular weight is 358 g/mol. The van der Waals surface area contributed by atoms with Gasteiger partial charge in [-0.15, -0.1) is 0 Å². The Bertz CT molecular complexity index is 723. The number of morpholine rings is 1. The monoisotopic (exact) mass is 358 g/mol. The van der Waals surface area contributed by atoms with E-state index in [1.165, 1.54) is 11.9 Å². The highest BCUT2D eigenvalue weighted by Crippen LogP contribution is 2.30. The van der Waals surface area contributed by atoms with Crippen LogP contribution >= 0.6 is 0 Å². The van der Waals surface area contributed by atoms with Crippen LogP contribution in [0, 0.1) is 0 Å². The number of carbonyl (C=O) groups excluding carboxylic acids is 3. The maximum Gasteiger partial charge on any atom is 0.327 e. The third-order valence-corrected chi connectivity index (χ3v) is 5.09. The van der Waals surface area contributed by atoms with Crippen molar-refractivity contribution in [1.82, 2.24) is 9.80 Å². The Morgan fingerprint density at radius 3 is 2.38 bits per heavy atom. The number of likely N-dealkylation sites (N-methyl/N-ethyl adjacent to an activating group) is 1. The van der Waals surface area contributed by atoms with Crippen LogP contribution in [0.5, 0.6) is 0 Å². The summed E-state index contributed by atoms with van der Waals surface area (Å²) in [5, 5.41) is 2.74. The fourth-order valence-corrected chi connectivity index (χ4v) is 3.75. The van der Waals surface area contributed by atoms with E-state index >= 15 is 0 Å². The van der Waals surface area contributed by atoms with Crippen LogP contribution in [0.4, 0.5) is 16.2 Å². The van der Waals surface area contributed by atoms with Gasteiger partial charge in [-0.1, -0.05) is 0 Å². The van der Waals surface area contributed by atoms with E-state index in [0.29, 0.717) is 17.9 Å². The molecule has 1 aromatic rings. The summed E-state index contributed by atoms with van der Waals surface area (Å²) in [5.41, 5.74) is 1.75. The molecule has 0 aliphatic carbocycles. The molecule has 0 saturated carbocycles. The molecule has 1 N–H and O–H groups in total. The van der Waals surface area contributed by atoms with Gasteiger partial charge >= 0.3 is 6.03 Å². The van der Waals surface area contributed by atoms with Crippen molar-refractivity contribution in [3.05, 3.63) is 24.3 Å². The van der Waals surface area contributed by atoms with Crippen molar-refractivity contribution in [3.63, 3.8) is 0 Å². The van der Waals surface area contributed by atoms with Crippen LogP contribution in [-0.2, 0) is 14.3 Å². The second kappa shape index (κ2) is 6.60. The van der Waals surface area contributed by atoms with Crippen LogP contribution < -0.4 is 10.2 Å². The van der Waals surface area contributed by atoms with Crippen molar-refractivity contribution in [3.8, 4) is 0 Å². The molecule has 1 aromatic carbocycles. The van der Waals surface area contributed by atoms with Gasteiger partial charge in [-0.2, -0.15) is 0 Å². The maximum absolute atomic E-state index is 12.1. The molecule has 2 bridgehead atoms. The number of imide groups is 1. The summed E-state index contributed by atoms with van der Waals surface area (Å²) in [4.78, 5) is 40.3. The van der Waals surface area contributed by atoms with Gasteiger partial charge in [-0.3, -0.25) is 14.5 Å². The van der Waals surface area contributed by atoms with E-state index in [4.69, 9.17) is 4.74 Å². The van der Waals surface area contributed by atoms with Gasteiger partial charge in [0, 0.05) is 31.5 Å². The summed E-state index contributed by atoms with van der Waals surface area (Å²) in [6.07, 6.45) is 2.89. The highest BCUT2D eigenvalue weighted by atomic mass is 16.5. The van der Waals surface area contributed by atoms with E-state index in [0.717, 1.165) is 36.5 Å². The van der Waals surface area contributed by atoms with Crippen LogP contribution in [0.25, 0.3) is 0 Å². The summed E-state index contributed by atoms with van der Waals surface area (Å²) < 4.78 is 5.85. The van der Waals surface area contributed by atoms with E-state index in [2.05, 4.69) is 10.2 Å². The Balaban J connectivity index is 1.35. The number of nitrogens with one attached hydrogen (secondary N) is 1. The molecule has 4 amide bonds. The van der Waals surface area contributed by atoms with Crippen LogP contribution in [0.3, 0.4) is 0 Å². The second-order valence-corrected chi connectivity index (χ2v) is 7.08. The van der Waals surface area contributed by atoms with E-state index in [9.17, 15) is 14.4 Å². The first-order valence-corrected chi connectivity index (χ1v) is 8.85. The number of rotatable bonds is 4. The van der Waals surface area contributed by atoms with Crippen LogP contribution in [0.1, 0.15) is 12.8 Å². The SMILES string of the molecule is CN1CC(=O)N(CC(=O)Nc2ccc(N3CC4CCC(C3)O4)cc2)C1=O. The minimum Gasteiger partial charge on any atom is -0.371 e. The topological polar surface area (TPSA) is 82.2 Å². The number of hydrogen-bond donors (Lipinski definition) is 1. The van der Waals surface area contributed by atoms with Crippen molar-refractivity contribution in [2.45, 2.75) is 25.0 Å². The maximum atomic E-state index is 12.1. The van der Waals surface area contributed by atoms with Gasteiger partial charge in [-0.25, -0.2) is 4.79 Å². The highest BCUT2D eigenvalue weighted by Gasteiger charge is 2.35. The van der Waals surface area contributed by atoms with Gasteiger partial charge in [0.05, 0.1) is 12.2 Å². The molecule has 3 aliphatic heterocycles. The molecular formula is C18H22N4O4. The summed E-state index contributed by atoms with van der Waals surface area (Å²) in [6, 6.07) is 7.18. The fourth-order valence-electron chi connectivity index (χ4n) is 3.75. The third-order valence-electron chi connectivity index (χ3n) is 5.09. The standard InChI is InChI=1S/C18H22N4O4/c1-20-11-17(24)22(18(20)25)10-16(23)19-12-2-4-13(5-3-12)21-8-14-6-7-15(9-21)26-14/h2-5,14-15H,6-11H2,1H3,(H,19,23). The largest absolute Gasteiger partial charge is 0.371 e. The smallest absolute Gasteiger partial charge is 0.327 e. The van der Waals surface area contributed by atoms with Crippen LogP contribution in [0.15, 0.2) is 24.3 Å². The molecule has 138 valence electrons. The molecule has 3 fully saturated rings. The lowest BCUT2D eigenvalue weighted by Crippen LogP contribution is -2.42. The normalized spacial score (nSPS) is 25.2. The zero-order valence-corrected chi connectivity index (χ0v) is 14.7. The van der Waals surface area contributed by atoms with Crippen molar-refractivity contribution >= 4 is 29.2 Å². The lowest BCUT2D eigenvalue weighted by Gasteiger charge is -2.33. The molecule has 0 spiro atoms. The lowest BCUT2D eigenvalue weighted by molar-refractivity contribution is -0.129. The quantitative estimate of drug-likeness (QED) is 0.809. The fraction of sp³-hybridized carbons (Fsp3) is 0.500. The summed E-state index contributed by atoms with van der Waals surface area (Å²) in [6.45, 7) is 1.54. The molecule has 0 aromatic heterocycles. The first kappa shape index (κ1) is 16.8. The van der Waals surface area contributed by atoms with Crippen molar-refractivity contribution in [1.29, 1.82) is 0 Å². The number of hydrogen-bond acceptors (Lipinski definition) is 5. The summed E-state index contributed by atoms with van der Waals surface area (Å²) in [7, 11) is 1.54. The number of anilines is 2. The Hall–Kier alpha value is -2.61. The molecule has 8 nitrogen and oxygen atoms in total. The first-order chi connectivity index (χ1) is 12.5. The Labute approximate surface area is 151 Å². The third kappa shape index (κ3) is 3.24. The number of nitrogens with zero attached hydrogens (tertiary/aromatic N) is 3. The van der Waals surface area contributed by atoms with Crippen molar-refractivity contribution in [2.24, 2.45) is 0 Å². The average Bonchev–Trinajstić information content (AvgIpc) is 3.08. The number of fused-ring (bicyclic) bond motifs is 2. The first-order valence-electron chi connectivity index (χ1n) is 8.85. The minimum absolute atomic E-state index is 0.0162. The Morgan fingerprint density at radius 1 is 1.15 bits per heavy atom. The van der Waals surface area contributed by atoms with Crippen molar-refractivity contribution < 1.29 is 19.1 Å². The molecule has 4 rings (SSSR count). The number of urea groups is 1. The number of benzene rings is 1. The zero-order valence-electron chi connectivity index (χ0n) is 14.7. The van der Waals surface area contributed by atoms with Gasteiger partial charge in [-0.05, 0) is 37.1 Å². The lowest BCUT2D eigenvalue weighted by atomic mass is 10.2. The number of carbonyl (C=O) groups is 3. The predicted molar refractivity (Wildman–Crippen MR) is 94.9 cm³/mol. The van der Waals surface area contributed by atoms with E-state index in [1.54, 1.807) is 0 Å². The predicted octanol–water partition coefficient (Wildman–Crippen LogP) is 0.887. The van der Waals surface area contributed by atoms with Crippen LogP contribution in [-0.4, -0.2) is 73.1 Å². The van der Waals surface area contributed by atoms with Gasteiger partial charge < -0.3 is 19.9 Å². The molecule has 2 atom stereocenters. The summed E-state index contributed by atoms with van der Waals surface area (Å²) in [5.74, 6) is -0.746. The van der Waals surface area contributed by atoms with E-state index < -0.39 is 6.03 Å². The summed E-state index contributed by atoms with van der Waals surface area (Å²) >= 11 is 0. The zero-order chi connectivity index (χ0) is 18.3.